The monoisotopic (exact) mass is 361 g/mol. The number of para-hydroxylation sites is 2. The first-order valence-corrected chi connectivity index (χ1v) is 6.91. The maximum absolute atomic E-state index is 12.6. The molecule has 0 aliphatic heterocycles. The highest BCUT2D eigenvalue weighted by Crippen LogP contribution is 2.17. The van der Waals surface area contributed by atoms with Gasteiger partial charge in [-0.25, -0.2) is 9.38 Å². The number of nitrogens with one attached hydrogen (secondary N) is 1. The zero-order valence-electron chi connectivity index (χ0n) is 9.72. The lowest BCUT2D eigenvalue weighted by Crippen LogP contribution is -2.14. The summed E-state index contributed by atoms with van der Waals surface area (Å²) in [5, 5.41) is 0.647. The molecule has 0 radical (unpaired) electrons. The van der Waals surface area contributed by atoms with E-state index in [4.69, 9.17) is 0 Å². The molecule has 0 bridgehead atoms. The minimum atomic E-state index is -0.0315. The highest BCUT2D eigenvalue weighted by Gasteiger charge is 2.10. The number of aromatic amines is 1. The van der Waals surface area contributed by atoms with E-state index in [0.717, 1.165) is 20.1 Å². The van der Waals surface area contributed by atoms with Gasteiger partial charge >= 0.3 is 0 Å². The average molecular weight is 361 g/mol. The number of fused-ring (bicyclic) bond motifs is 4. The van der Waals surface area contributed by atoms with E-state index >= 15 is 0 Å². The number of rotatable bonds is 0. The van der Waals surface area contributed by atoms with Crippen LogP contribution in [0.4, 0.5) is 0 Å². The summed E-state index contributed by atoms with van der Waals surface area (Å²) in [6.07, 6.45) is 0. The molecular formula is C14H8IN3O. The molecule has 19 heavy (non-hydrogen) atoms. The van der Waals surface area contributed by atoms with Crippen LogP contribution in [0.2, 0.25) is 0 Å². The minimum absolute atomic E-state index is 0.0315. The standard InChI is InChI=1S/C14H8IN3O/c15-8-5-6-10-9(7-8)13(19)18-12-4-2-1-3-11(12)17-14(18)16-10/h1-7H,(H,16,17). The number of hydrogen-bond donors (Lipinski definition) is 1. The van der Waals surface area contributed by atoms with Gasteiger partial charge in [-0.2, -0.15) is 0 Å². The van der Waals surface area contributed by atoms with E-state index in [0.29, 0.717) is 11.2 Å². The molecule has 2 heterocycles. The van der Waals surface area contributed by atoms with Gasteiger partial charge in [0.25, 0.3) is 5.56 Å². The number of hydrogen-bond acceptors (Lipinski definition) is 2. The second-order valence-electron chi connectivity index (χ2n) is 4.38. The minimum Gasteiger partial charge on any atom is -0.323 e. The number of nitrogens with zero attached hydrogens (tertiary/aromatic N) is 2. The summed E-state index contributed by atoms with van der Waals surface area (Å²) < 4.78 is 2.66. The van der Waals surface area contributed by atoms with Crippen molar-refractivity contribution in [3.63, 3.8) is 0 Å². The molecule has 0 spiro atoms. The van der Waals surface area contributed by atoms with Crippen molar-refractivity contribution in [1.29, 1.82) is 0 Å². The van der Waals surface area contributed by atoms with Crippen molar-refractivity contribution in [3.8, 4) is 0 Å². The maximum atomic E-state index is 12.6. The third-order valence-corrected chi connectivity index (χ3v) is 3.89. The Labute approximate surface area is 121 Å². The number of H-pyrrole nitrogens is 1. The molecule has 0 saturated carbocycles. The predicted octanol–water partition coefficient (Wildman–Crippen LogP) is 2.93. The average Bonchev–Trinajstić information content (AvgIpc) is 2.78. The smallest absolute Gasteiger partial charge is 0.267 e. The summed E-state index contributed by atoms with van der Waals surface area (Å²) in [4.78, 5) is 20.3. The SMILES string of the molecule is O=c1c2cc(I)ccc2nc2[nH]c3ccccc3n12. The summed E-state index contributed by atoms with van der Waals surface area (Å²) >= 11 is 2.20. The molecule has 0 amide bonds. The molecule has 0 saturated heterocycles. The third-order valence-electron chi connectivity index (χ3n) is 3.22. The molecule has 4 aromatic rings. The maximum Gasteiger partial charge on any atom is 0.267 e. The molecule has 0 aliphatic carbocycles. The summed E-state index contributed by atoms with van der Waals surface area (Å²) in [6.45, 7) is 0. The van der Waals surface area contributed by atoms with Gasteiger partial charge in [0.2, 0.25) is 5.78 Å². The second kappa shape index (κ2) is 3.80. The Hall–Kier alpha value is -1.89. The molecule has 0 fully saturated rings. The first-order chi connectivity index (χ1) is 9.24. The van der Waals surface area contributed by atoms with Gasteiger partial charge in [0.15, 0.2) is 0 Å². The Bertz CT molecular complexity index is 1000. The Morgan fingerprint density at radius 3 is 2.89 bits per heavy atom. The van der Waals surface area contributed by atoms with Crippen LogP contribution in [0.25, 0.3) is 27.7 Å². The zero-order valence-corrected chi connectivity index (χ0v) is 11.9. The lowest BCUT2D eigenvalue weighted by Gasteiger charge is -1.99. The second-order valence-corrected chi connectivity index (χ2v) is 5.63. The van der Waals surface area contributed by atoms with Gasteiger partial charge in [-0.3, -0.25) is 4.79 Å². The Morgan fingerprint density at radius 2 is 2.00 bits per heavy atom. The van der Waals surface area contributed by atoms with E-state index in [2.05, 4.69) is 32.6 Å². The summed E-state index contributed by atoms with van der Waals surface area (Å²) in [6, 6.07) is 13.4. The van der Waals surface area contributed by atoms with Crippen LogP contribution < -0.4 is 5.56 Å². The van der Waals surface area contributed by atoms with Crippen molar-refractivity contribution in [2.24, 2.45) is 0 Å². The predicted molar refractivity (Wildman–Crippen MR) is 83.5 cm³/mol. The van der Waals surface area contributed by atoms with E-state index in [1.165, 1.54) is 0 Å². The van der Waals surface area contributed by atoms with Crippen molar-refractivity contribution < 1.29 is 0 Å². The van der Waals surface area contributed by atoms with Crippen molar-refractivity contribution in [2.75, 3.05) is 0 Å². The fourth-order valence-corrected chi connectivity index (χ4v) is 2.85. The molecule has 2 aromatic carbocycles. The summed E-state index contributed by atoms with van der Waals surface area (Å²) in [5.41, 5.74) is 2.46. The van der Waals surface area contributed by atoms with E-state index < -0.39 is 0 Å². The van der Waals surface area contributed by atoms with Crippen molar-refractivity contribution >= 4 is 50.3 Å². The third kappa shape index (κ3) is 1.51. The lowest BCUT2D eigenvalue weighted by atomic mass is 10.2. The fourth-order valence-electron chi connectivity index (χ4n) is 2.36. The normalized spacial score (nSPS) is 11.6. The Morgan fingerprint density at radius 1 is 1.16 bits per heavy atom. The van der Waals surface area contributed by atoms with Crippen LogP contribution in [0.15, 0.2) is 47.3 Å². The van der Waals surface area contributed by atoms with Crippen LogP contribution in [0, 0.1) is 3.57 Å². The number of halogens is 1. The van der Waals surface area contributed by atoms with Gasteiger partial charge in [0.1, 0.15) is 0 Å². The first-order valence-electron chi connectivity index (χ1n) is 5.83. The van der Waals surface area contributed by atoms with Gasteiger partial charge < -0.3 is 4.98 Å². The van der Waals surface area contributed by atoms with Crippen LogP contribution in [0.5, 0.6) is 0 Å². The molecule has 4 nitrogen and oxygen atoms in total. The first kappa shape index (κ1) is 11.0. The van der Waals surface area contributed by atoms with Crippen LogP contribution >= 0.6 is 22.6 Å². The molecule has 0 aliphatic rings. The highest BCUT2D eigenvalue weighted by atomic mass is 127. The van der Waals surface area contributed by atoms with Gasteiger partial charge in [0, 0.05) is 3.57 Å². The summed E-state index contributed by atoms with van der Waals surface area (Å²) in [7, 11) is 0. The van der Waals surface area contributed by atoms with Crippen LogP contribution in [0.3, 0.4) is 0 Å². The molecular weight excluding hydrogens is 353 g/mol. The number of imidazole rings is 1. The molecule has 0 atom stereocenters. The van der Waals surface area contributed by atoms with Crippen molar-refractivity contribution in [2.45, 2.75) is 0 Å². The molecule has 5 heteroatoms. The topological polar surface area (TPSA) is 50.2 Å². The van der Waals surface area contributed by atoms with Gasteiger partial charge in [-0.15, -0.1) is 0 Å². The van der Waals surface area contributed by atoms with E-state index in [-0.39, 0.29) is 5.56 Å². The van der Waals surface area contributed by atoms with E-state index in [1.807, 2.05) is 42.5 Å². The van der Waals surface area contributed by atoms with Crippen LogP contribution in [-0.4, -0.2) is 14.4 Å². The Balaban J connectivity index is 2.34. The van der Waals surface area contributed by atoms with Crippen LogP contribution in [0.1, 0.15) is 0 Å². The number of benzene rings is 2. The molecule has 0 unspecified atom stereocenters. The van der Waals surface area contributed by atoms with Gasteiger partial charge in [0.05, 0.1) is 21.9 Å². The van der Waals surface area contributed by atoms with Crippen LogP contribution in [-0.2, 0) is 0 Å². The zero-order chi connectivity index (χ0) is 13.0. The fraction of sp³-hybridized carbons (Fsp3) is 0. The highest BCUT2D eigenvalue weighted by molar-refractivity contribution is 14.1. The molecule has 1 N–H and O–H groups in total. The molecule has 2 aromatic heterocycles. The lowest BCUT2D eigenvalue weighted by molar-refractivity contribution is 1.12. The van der Waals surface area contributed by atoms with E-state index in [1.54, 1.807) is 4.40 Å². The molecule has 92 valence electrons. The van der Waals surface area contributed by atoms with Gasteiger partial charge in [-0.05, 0) is 52.9 Å². The quantitative estimate of drug-likeness (QED) is 0.490. The largest absolute Gasteiger partial charge is 0.323 e. The van der Waals surface area contributed by atoms with E-state index in [9.17, 15) is 4.79 Å². The summed E-state index contributed by atoms with van der Waals surface area (Å²) in [5.74, 6) is 0.583. The van der Waals surface area contributed by atoms with Gasteiger partial charge in [-0.1, -0.05) is 12.1 Å². The van der Waals surface area contributed by atoms with Crippen molar-refractivity contribution in [3.05, 3.63) is 56.4 Å². The Kier molecular flexibility index (Phi) is 2.20. The molecule has 4 rings (SSSR count). The number of aromatic nitrogens is 3. The van der Waals surface area contributed by atoms with Crippen molar-refractivity contribution in [1.82, 2.24) is 14.4 Å².